The minimum absolute atomic E-state index is 0.170. The first kappa shape index (κ1) is 28.2. The summed E-state index contributed by atoms with van der Waals surface area (Å²) in [7, 11) is 0. The molecule has 0 bridgehead atoms. The predicted molar refractivity (Wildman–Crippen MR) is 135 cm³/mol. The summed E-state index contributed by atoms with van der Waals surface area (Å²) in [5.74, 6) is 0.243. The third-order valence-electron chi connectivity index (χ3n) is 4.43. The van der Waals surface area contributed by atoms with Crippen LogP contribution in [0.4, 0.5) is 11.4 Å². The molecule has 0 fully saturated rings. The number of benzene rings is 2. The van der Waals surface area contributed by atoms with Crippen LogP contribution in [0.2, 0.25) is 10.0 Å². The van der Waals surface area contributed by atoms with Crippen molar-refractivity contribution in [2.24, 2.45) is 10.2 Å². The molecule has 0 aliphatic rings. The van der Waals surface area contributed by atoms with Crippen LogP contribution in [0.5, 0.6) is 23.0 Å². The van der Waals surface area contributed by atoms with E-state index in [1.54, 1.807) is 25.1 Å². The number of rotatable bonds is 13. The molecule has 2 rings (SSSR count). The molecule has 1 atom stereocenters. The van der Waals surface area contributed by atoms with Crippen molar-refractivity contribution in [3.63, 3.8) is 0 Å². The van der Waals surface area contributed by atoms with Gasteiger partial charge in [-0.3, -0.25) is 9.59 Å². The van der Waals surface area contributed by atoms with Crippen LogP contribution in [0.25, 0.3) is 0 Å². The summed E-state index contributed by atoms with van der Waals surface area (Å²) >= 11 is 12.6. The van der Waals surface area contributed by atoms with Crippen molar-refractivity contribution >= 4 is 46.3 Å². The van der Waals surface area contributed by atoms with E-state index >= 15 is 0 Å². The highest BCUT2D eigenvalue weighted by atomic mass is 35.5. The van der Waals surface area contributed by atoms with Crippen LogP contribution in [0.1, 0.15) is 34.6 Å². The number of Topliss-reactive ketones (excluding diaryl/α,β-unsaturated/α-hetero) is 1. The molecule has 0 aromatic heterocycles. The monoisotopic (exact) mass is 525 g/mol. The Labute approximate surface area is 214 Å². The van der Waals surface area contributed by atoms with Crippen molar-refractivity contribution in [1.82, 2.24) is 0 Å². The highest BCUT2D eigenvalue weighted by molar-refractivity contribution is 6.34. The first-order chi connectivity index (χ1) is 16.8. The van der Waals surface area contributed by atoms with Gasteiger partial charge >= 0.3 is 0 Å². The third-order valence-corrected chi connectivity index (χ3v) is 5.05. The van der Waals surface area contributed by atoms with Crippen LogP contribution in [-0.4, -0.2) is 44.2 Å². The Morgan fingerprint density at radius 1 is 0.857 bits per heavy atom. The number of amides is 1. The number of nitrogens with zero attached hydrogens (tertiary/aromatic N) is 2. The van der Waals surface area contributed by atoms with Gasteiger partial charge in [0, 0.05) is 12.1 Å². The van der Waals surface area contributed by atoms with Crippen molar-refractivity contribution in [3.8, 4) is 23.0 Å². The number of hydrogen-bond donors (Lipinski definition) is 1. The third kappa shape index (κ3) is 7.47. The summed E-state index contributed by atoms with van der Waals surface area (Å²) in [5.41, 5.74) is 0.382. The van der Waals surface area contributed by atoms with Gasteiger partial charge in [-0.2, -0.15) is 10.2 Å². The lowest BCUT2D eigenvalue weighted by Crippen LogP contribution is -2.32. The average Bonchev–Trinajstić information content (AvgIpc) is 2.81. The number of anilines is 1. The lowest BCUT2D eigenvalue weighted by Gasteiger charge is -2.18. The topological polar surface area (TPSA) is 108 Å². The molecule has 0 saturated carbocycles. The average molecular weight is 526 g/mol. The maximum absolute atomic E-state index is 13.0. The number of halogens is 2. The van der Waals surface area contributed by atoms with E-state index in [4.69, 9.17) is 42.1 Å². The molecule has 1 unspecified atom stereocenters. The molecule has 1 amide bonds. The summed E-state index contributed by atoms with van der Waals surface area (Å²) in [6, 6.07) is 4.81. The Bertz CT molecular complexity index is 1080. The molecular formula is C24H29Cl2N3O6. The summed E-state index contributed by atoms with van der Waals surface area (Å²) in [6.45, 7) is 9.98. The van der Waals surface area contributed by atoms with E-state index in [2.05, 4.69) is 15.5 Å². The molecule has 0 heterocycles. The second-order valence-electron chi connectivity index (χ2n) is 6.95. The highest BCUT2D eigenvalue weighted by Crippen LogP contribution is 2.41. The second-order valence-corrected chi connectivity index (χ2v) is 7.76. The van der Waals surface area contributed by atoms with Crippen LogP contribution < -0.4 is 24.3 Å². The molecule has 1 N–H and O–H groups in total. The molecule has 0 radical (unpaired) electrons. The lowest BCUT2D eigenvalue weighted by atomic mass is 10.2. The number of carbonyl (C=O) groups excluding carboxylic acids is 2. The van der Waals surface area contributed by atoms with Gasteiger partial charge in [-0.25, -0.2) is 0 Å². The van der Waals surface area contributed by atoms with Gasteiger partial charge in [0.25, 0.3) is 5.91 Å². The number of ketones is 1. The first-order valence-electron chi connectivity index (χ1n) is 11.2. The van der Waals surface area contributed by atoms with E-state index in [0.29, 0.717) is 43.7 Å². The molecule has 2 aromatic carbocycles. The molecule has 2 aromatic rings. The molecule has 0 spiro atoms. The van der Waals surface area contributed by atoms with Crippen LogP contribution in [-0.2, 0) is 9.59 Å². The van der Waals surface area contributed by atoms with Crippen molar-refractivity contribution in [2.75, 3.05) is 31.7 Å². The fourth-order valence-electron chi connectivity index (χ4n) is 2.98. The Morgan fingerprint density at radius 2 is 1.43 bits per heavy atom. The standard InChI is InChI=1S/C24H29Cl2N3O6/c1-6-32-18-11-10-15(25)22(23(18)35-9-4)27-24(31)21(14(5)30)29-28-17-13-20(34-8-3)19(33-7-2)12-16(17)26/h10-13,21H,6-9H2,1-5H3,(H,27,31). The van der Waals surface area contributed by atoms with E-state index in [1.165, 1.54) is 13.0 Å². The smallest absolute Gasteiger partial charge is 0.258 e. The van der Waals surface area contributed by atoms with Gasteiger partial charge in [0.2, 0.25) is 6.04 Å². The number of azo groups is 1. The van der Waals surface area contributed by atoms with E-state index in [0.717, 1.165) is 0 Å². The minimum atomic E-state index is -1.46. The maximum atomic E-state index is 13.0. The fraction of sp³-hybridized carbons (Fsp3) is 0.417. The number of hydrogen-bond acceptors (Lipinski definition) is 8. The summed E-state index contributed by atoms with van der Waals surface area (Å²) in [6.07, 6.45) is 0. The van der Waals surface area contributed by atoms with Gasteiger partial charge in [0.15, 0.2) is 28.8 Å². The second kappa shape index (κ2) is 13.7. The van der Waals surface area contributed by atoms with Gasteiger partial charge < -0.3 is 24.3 Å². The quantitative estimate of drug-likeness (QED) is 0.244. The van der Waals surface area contributed by atoms with Gasteiger partial charge in [0.05, 0.1) is 36.5 Å². The zero-order valence-electron chi connectivity index (χ0n) is 20.3. The summed E-state index contributed by atoms with van der Waals surface area (Å²) in [5, 5.41) is 11.1. The maximum Gasteiger partial charge on any atom is 0.258 e. The molecule has 0 aliphatic heterocycles. The largest absolute Gasteiger partial charge is 0.490 e. The van der Waals surface area contributed by atoms with Crippen LogP contribution in [0, 0.1) is 0 Å². The van der Waals surface area contributed by atoms with Gasteiger partial charge in [-0.1, -0.05) is 23.2 Å². The Morgan fingerprint density at radius 3 is 2.00 bits per heavy atom. The summed E-state index contributed by atoms with van der Waals surface area (Å²) < 4.78 is 22.3. The molecule has 9 nitrogen and oxygen atoms in total. The Hall–Kier alpha value is -3.04. The van der Waals surface area contributed by atoms with E-state index in [9.17, 15) is 9.59 Å². The van der Waals surface area contributed by atoms with Crippen molar-refractivity contribution in [2.45, 2.75) is 40.7 Å². The molecule has 0 aliphatic carbocycles. The van der Waals surface area contributed by atoms with Crippen LogP contribution in [0.3, 0.4) is 0 Å². The van der Waals surface area contributed by atoms with E-state index in [-0.39, 0.29) is 27.2 Å². The lowest BCUT2D eigenvalue weighted by molar-refractivity contribution is -0.126. The van der Waals surface area contributed by atoms with Crippen molar-refractivity contribution in [3.05, 3.63) is 34.3 Å². The van der Waals surface area contributed by atoms with Crippen LogP contribution >= 0.6 is 23.2 Å². The Balaban J connectivity index is 2.38. The number of nitrogens with one attached hydrogen (secondary N) is 1. The van der Waals surface area contributed by atoms with Gasteiger partial charge in [-0.05, 0) is 46.8 Å². The molecule has 35 heavy (non-hydrogen) atoms. The van der Waals surface area contributed by atoms with E-state index < -0.39 is 17.7 Å². The fourth-order valence-corrected chi connectivity index (χ4v) is 3.37. The number of ether oxygens (including phenoxy) is 4. The SMILES string of the molecule is CCOc1cc(Cl)c(N=NC(C(C)=O)C(=O)Nc2c(Cl)ccc(OCC)c2OCC)cc1OCC. The van der Waals surface area contributed by atoms with Crippen LogP contribution in [0.15, 0.2) is 34.5 Å². The van der Waals surface area contributed by atoms with E-state index in [1.807, 2.05) is 20.8 Å². The Kier molecular flexibility index (Phi) is 11.1. The van der Waals surface area contributed by atoms with Gasteiger partial charge in [0.1, 0.15) is 11.4 Å². The van der Waals surface area contributed by atoms with Gasteiger partial charge in [-0.15, -0.1) is 0 Å². The predicted octanol–water partition coefficient (Wildman–Crippen LogP) is 6.27. The minimum Gasteiger partial charge on any atom is -0.490 e. The zero-order valence-corrected chi connectivity index (χ0v) is 21.8. The highest BCUT2D eigenvalue weighted by Gasteiger charge is 2.26. The molecule has 0 saturated heterocycles. The normalized spacial score (nSPS) is 11.7. The van der Waals surface area contributed by atoms with Crippen molar-refractivity contribution in [1.29, 1.82) is 0 Å². The molecule has 190 valence electrons. The number of carbonyl (C=O) groups is 2. The molecule has 11 heteroatoms. The summed E-state index contributed by atoms with van der Waals surface area (Å²) in [4.78, 5) is 25.3. The zero-order chi connectivity index (χ0) is 26.0. The molecular weight excluding hydrogens is 497 g/mol. The first-order valence-corrected chi connectivity index (χ1v) is 11.9. The van der Waals surface area contributed by atoms with Crippen molar-refractivity contribution < 1.29 is 28.5 Å².